The average Bonchev–Trinajstić information content (AvgIpc) is 3.17. The fourth-order valence-electron chi connectivity index (χ4n) is 2.25. The molecule has 0 unspecified atom stereocenters. The second kappa shape index (κ2) is 6.49. The second-order valence-corrected chi connectivity index (χ2v) is 5.93. The number of nitrogens with zero attached hydrogens (tertiary/aromatic N) is 6. The number of aromatic nitrogens is 4. The quantitative estimate of drug-likeness (QED) is 0.735. The third kappa shape index (κ3) is 2.71. The molecule has 0 aliphatic carbocycles. The molecule has 1 aromatic carbocycles. The first-order valence-electron chi connectivity index (χ1n) is 7.26. The Kier molecular flexibility index (Phi) is 4.23. The van der Waals surface area contributed by atoms with Crippen molar-refractivity contribution in [3.63, 3.8) is 0 Å². The van der Waals surface area contributed by atoms with Crippen molar-refractivity contribution in [2.24, 2.45) is 0 Å². The van der Waals surface area contributed by atoms with E-state index in [1.54, 1.807) is 4.52 Å². The van der Waals surface area contributed by atoms with Gasteiger partial charge in [0.2, 0.25) is 4.96 Å². The van der Waals surface area contributed by atoms with E-state index in [9.17, 15) is 0 Å². The molecule has 3 aromatic rings. The molecule has 0 saturated carbocycles. The fraction of sp³-hybridized carbons (Fsp3) is 0.188. The first-order valence-corrected chi connectivity index (χ1v) is 8.07. The second-order valence-electron chi connectivity index (χ2n) is 4.98. The van der Waals surface area contributed by atoms with Crippen LogP contribution < -0.4 is 5.32 Å². The lowest BCUT2D eigenvalue weighted by Crippen LogP contribution is -1.96. The predicted octanol–water partition coefficient (Wildman–Crippen LogP) is 3.07. The molecule has 2 heterocycles. The van der Waals surface area contributed by atoms with Crippen LogP contribution in [0.4, 0.5) is 5.69 Å². The van der Waals surface area contributed by atoms with Crippen LogP contribution in [0.5, 0.6) is 0 Å². The number of benzene rings is 1. The number of nitriles is 2. The number of allylic oxidation sites excluding steroid dienone is 1. The molecule has 2 aromatic heterocycles. The highest BCUT2D eigenvalue weighted by atomic mass is 32.1. The number of hydrogen-bond donors (Lipinski definition) is 1. The molecular formula is C16H13N7S. The fourth-order valence-corrected chi connectivity index (χ4v) is 3.19. The number of anilines is 1. The van der Waals surface area contributed by atoms with Gasteiger partial charge in [-0.1, -0.05) is 30.4 Å². The third-order valence-electron chi connectivity index (χ3n) is 3.55. The van der Waals surface area contributed by atoms with Crippen molar-refractivity contribution < 1.29 is 0 Å². The summed E-state index contributed by atoms with van der Waals surface area (Å²) in [5, 5.41) is 34.3. The molecule has 24 heavy (non-hydrogen) atoms. The van der Waals surface area contributed by atoms with Crippen LogP contribution in [0.25, 0.3) is 15.5 Å². The first kappa shape index (κ1) is 15.7. The standard InChI is InChI=1S/C16H13N7S/c1-3-14-20-21-16-23(14)22-15(24-16)12-5-4-6-13(10(12)2)19-9-11(7-17)8-18/h4-6,9,19H,3H2,1-2H3. The summed E-state index contributed by atoms with van der Waals surface area (Å²) in [6.45, 7) is 3.98. The van der Waals surface area contributed by atoms with Crippen molar-refractivity contribution in [1.82, 2.24) is 19.8 Å². The Balaban J connectivity index is 2.01. The molecule has 1 N–H and O–H groups in total. The van der Waals surface area contributed by atoms with Crippen LogP contribution in [0.2, 0.25) is 0 Å². The molecule has 0 aliphatic rings. The molecule has 0 radical (unpaired) electrons. The summed E-state index contributed by atoms with van der Waals surface area (Å²) < 4.78 is 1.77. The molecule has 0 aliphatic heterocycles. The summed E-state index contributed by atoms with van der Waals surface area (Å²) in [4.78, 5) is 0.760. The molecule has 0 atom stereocenters. The van der Waals surface area contributed by atoms with E-state index in [1.807, 2.05) is 44.2 Å². The van der Waals surface area contributed by atoms with Crippen molar-refractivity contribution >= 4 is 22.0 Å². The minimum absolute atomic E-state index is 0.0196. The predicted molar refractivity (Wildman–Crippen MR) is 91.1 cm³/mol. The smallest absolute Gasteiger partial charge is 0.234 e. The van der Waals surface area contributed by atoms with E-state index in [0.29, 0.717) is 0 Å². The summed E-state index contributed by atoms with van der Waals surface area (Å²) in [5.41, 5.74) is 2.79. The number of hydrogen-bond acceptors (Lipinski definition) is 7. The van der Waals surface area contributed by atoms with Gasteiger partial charge in [0.15, 0.2) is 5.82 Å². The Morgan fingerprint density at radius 3 is 2.83 bits per heavy atom. The van der Waals surface area contributed by atoms with Crippen LogP contribution in [-0.4, -0.2) is 19.8 Å². The number of fused-ring (bicyclic) bond motifs is 1. The van der Waals surface area contributed by atoms with E-state index in [4.69, 9.17) is 10.5 Å². The maximum atomic E-state index is 8.81. The molecule has 0 amide bonds. The Hall–Kier alpha value is -3.23. The van der Waals surface area contributed by atoms with E-state index in [1.165, 1.54) is 17.5 Å². The van der Waals surface area contributed by atoms with Gasteiger partial charge in [-0.25, -0.2) is 0 Å². The van der Waals surface area contributed by atoms with Crippen molar-refractivity contribution in [1.29, 1.82) is 10.5 Å². The first-order chi connectivity index (χ1) is 11.7. The minimum atomic E-state index is 0.0196. The van der Waals surface area contributed by atoms with Crippen LogP contribution in [0, 0.1) is 29.6 Å². The van der Waals surface area contributed by atoms with Crippen LogP contribution in [0.3, 0.4) is 0 Å². The monoisotopic (exact) mass is 335 g/mol. The maximum Gasteiger partial charge on any atom is 0.234 e. The van der Waals surface area contributed by atoms with Crippen molar-refractivity contribution in [3.05, 3.63) is 41.4 Å². The van der Waals surface area contributed by atoms with E-state index in [-0.39, 0.29) is 5.57 Å². The van der Waals surface area contributed by atoms with Gasteiger partial charge in [-0.05, 0) is 18.6 Å². The van der Waals surface area contributed by atoms with Gasteiger partial charge in [0.25, 0.3) is 0 Å². The molecule has 7 nitrogen and oxygen atoms in total. The lowest BCUT2D eigenvalue weighted by Gasteiger charge is -2.09. The Labute approximate surface area is 142 Å². The summed E-state index contributed by atoms with van der Waals surface area (Å²) in [5.74, 6) is 0.829. The van der Waals surface area contributed by atoms with Crippen LogP contribution in [0.15, 0.2) is 30.0 Å². The Morgan fingerprint density at radius 2 is 2.12 bits per heavy atom. The number of aryl methyl sites for hydroxylation is 1. The van der Waals surface area contributed by atoms with Crippen LogP contribution >= 0.6 is 11.3 Å². The van der Waals surface area contributed by atoms with Crippen LogP contribution in [0.1, 0.15) is 18.3 Å². The van der Waals surface area contributed by atoms with Gasteiger partial charge < -0.3 is 5.32 Å². The summed E-state index contributed by atoms with van der Waals surface area (Å²) in [6, 6.07) is 9.42. The Bertz CT molecular complexity index is 997. The van der Waals surface area contributed by atoms with E-state index in [2.05, 4.69) is 20.6 Å². The highest BCUT2D eigenvalue weighted by molar-refractivity contribution is 7.19. The summed E-state index contributed by atoms with van der Waals surface area (Å²) >= 11 is 1.47. The average molecular weight is 335 g/mol. The highest BCUT2D eigenvalue weighted by Crippen LogP contribution is 2.31. The zero-order chi connectivity index (χ0) is 17.1. The van der Waals surface area contributed by atoms with Gasteiger partial charge in [-0.2, -0.15) is 20.1 Å². The highest BCUT2D eigenvalue weighted by Gasteiger charge is 2.14. The van der Waals surface area contributed by atoms with Gasteiger partial charge >= 0.3 is 0 Å². The van der Waals surface area contributed by atoms with E-state index in [0.717, 1.165) is 39.0 Å². The SMILES string of the molecule is CCc1nnc2sc(-c3cccc(NC=C(C#N)C#N)c3C)nn12. The normalized spacial score (nSPS) is 10.2. The van der Waals surface area contributed by atoms with Crippen molar-refractivity contribution in [3.8, 4) is 22.7 Å². The lowest BCUT2D eigenvalue weighted by atomic mass is 10.1. The summed E-state index contributed by atoms with van der Waals surface area (Å²) in [6.07, 6.45) is 2.17. The van der Waals surface area contributed by atoms with Gasteiger partial charge in [-0.3, -0.25) is 0 Å². The molecule has 0 saturated heterocycles. The topological polar surface area (TPSA) is 103 Å². The maximum absolute atomic E-state index is 8.81. The van der Waals surface area contributed by atoms with Gasteiger partial charge in [-0.15, -0.1) is 10.2 Å². The zero-order valence-corrected chi connectivity index (χ0v) is 13.9. The van der Waals surface area contributed by atoms with Crippen molar-refractivity contribution in [2.75, 3.05) is 5.32 Å². The van der Waals surface area contributed by atoms with Crippen molar-refractivity contribution in [2.45, 2.75) is 20.3 Å². The molecule has 0 spiro atoms. The molecule has 3 rings (SSSR count). The molecule has 8 heteroatoms. The van der Waals surface area contributed by atoms with E-state index < -0.39 is 0 Å². The minimum Gasteiger partial charge on any atom is -0.360 e. The molecule has 118 valence electrons. The third-order valence-corrected chi connectivity index (χ3v) is 4.48. The number of nitrogens with one attached hydrogen (secondary N) is 1. The van der Waals surface area contributed by atoms with Gasteiger partial charge in [0, 0.05) is 23.9 Å². The van der Waals surface area contributed by atoms with Gasteiger partial charge in [0.05, 0.1) is 0 Å². The lowest BCUT2D eigenvalue weighted by molar-refractivity contribution is 0.837. The largest absolute Gasteiger partial charge is 0.360 e. The number of rotatable bonds is 4. The van der Waals surface area contributed by atoms with Crippen LogP contribution in [-0.2, 0) is 6.42 Å². The molecular weight excluding hydrogens is 322 g/mol. The zero-order valence-electron chi connectivity index (χ0n) is 13.1. The van der Waals surface area contributed by atoms with E-state index >= 15 is 0 Å². The molecule has 0 fully saturated rings. The Morgan fingerprint density at radius 1 is 1.33 bits per heavy atom. The molecule has 0 bridgehead atoms. The van der Waals surface area contributed by atoms with Gasteiger partial charge in [0.1, 0.15) is 22.7 Å². The summed E-state index contributed by atoms with van der Waals surface area (Å²) in [7, 11) is 0.